The predicted molar refractivity (Wildman–Crippen MR) is 68.4 cm³/mol. The van der Waals surface area contributed by atoms with Crippen molar-refractivity contribution in [3.05, 3.63) is 42.1 Å². The maximum Gasteiger partial charge on any atom is 0.126 e. The molecule has 0 bridgehead atoms. The lowest BCUT2D eigenvalue weighted by Crippen LogP contribution is -1.93. The molecule has 3 nitrogen and oxygen atoms in total. The van der Waals surface area contributed by atoms with Crippen molar-refractivity contribution in [1.29, 1.82) is 0 Å². The minimum atomic E-state index is 0.796. The first-order valence-electron chi connectivity index (χ1n) is 5.21. The second-order valence-corrected chi connectivity index (χ2v) is 3.75. The molecule has 1 aromatic heterocycles. The van der Waals surface area contributed by atoms with Crippen molar-refractivity contribution in [1.82, 2.24) is 4.98 Å². The van der Waals surface area contributed by atoms with Crippen LogP contribution in [0.25, 0.3) is 11.1 Å². The zero-order valence-electron chi connectivity index (χ0n) is 9.49. The summed E-state index contributed by atoms with van der Waals surface area (Å²) in [6.45, 7) is 2.06. The molecular formula is C13H15N3. The Labute approximate surface area is 95.3 Å². The number of nitrogen functional groups attached to an aromatic ring is 1. The molecule has 0 aliphatic heterocycles. The summed E-state index contributed by atoms with van der Waals surface area (Å²) in [4.78, 5) is 4.19. The van der Waals surface area contributed by atoms with Crippen LogP contribution in [0.15, 0.2) is 36.5 Å². The number of hydrogen-bond donors (Lipinski definition) is 2. The molecule has 1 heterocycles. The summed E-state index contributed by atoms with van der Waals surface area (Å²) in [5.74, 6) is 0.869. The number of aryl methyl sites for hydroxylation is 1. The van der Waals surface area contributed by atoms with E-state index in [0.717, 1.165) is 17.1 Å². The lowest BCUT2D eigenvalue weighted by molar-refractivity contribution is 1.28. The van der Waals surface area contributed by atoms with E-state index in [4.69, 9.17) is 5.73 Å². The third kappa shape index (κ3) is 1.98. The van der Waals surface area contributed by atoms with Crippen molar-refractivity contribution in [2.45, 2.75) is 6.92 Å². The first-order valence-corrected chi connectivity index (χ1v) is 5.21. The van der Waals surface area contributed by atoms with Crippen molar-refractivity contribution < 1.29 is 0 Å². The largest absolute Gasteiger partial charge is 0.399 e. The highest BCUT2D eigenvalue weighted by atomic mass is 14.9. The van der Waals surface area contributed by atoms with Crippen LogP contribution in [0.3, 0.4) is 0 Å². The number of aromatic nitrogens is 1. The van der Waals surface area contributed by atoms with E-state index in [2.05, 4.69) is 17.2 Å². The standard InChI is InChI=1S/C13H15N3/c1-9-7-11(14)3-4-12(9)10-5-6-16-13(8-10)15-2/h3-8H,14H2,1-2H3,(H,15,16). The molecule has 1 aromatic carbocycles. The van der Waals surface area contributed by atoms with E-state index in [9.17, 15) is 0 Å². The second kappa shape index (κ2) is 4.23. The van der Waals surface area contributed by atoms with E-state index >= 15 is 0 Å². The summed E-state index contributed by atoms with van der Waals surface area (Å²) < 4.78 is 0. The third-order valence-corrected chi connectivity index (χ3v) is 2.58. The monoisotopic (exact) mass is 213 g/mol. The minimum absolute atomic E-state index is 0.796. The first kappa shape index (κ1) is 10.5. The van der Waals surface area contributed by atoms with Gasteiger partial charge in [0.05, 0.1) is 0 Å². The number of pyridine rings is 1. The molecule has 2 rings (SSSR count). The summed E-state index contributed by atoms with van der Waals surface area (Å²) in [5, 5.41) is 3.03. The zero-order valence-corrected chi connectivity index (χ0v) is 9.49. The predicted octanol–water partition coefficient (Wildman–Crippen LogP) is 2.68. The van der Waals surface area contributed by atoms with Gasteiger partial charge in [-0.15, -0.1) is 0 Å². The molecule has 0 saturated carbocycles. The molecule has 0 unspecified atom stereocenters. The van der Waals surface area contributed by atoms with Gasteiger partial charge in [-0.2, -0.15) is 0 Å². The Hall–Kier alpha value is -2.03. The van der Waals surface area contributed by atoms with Crippen molar-refractivity contribution >= 4 is 11.5 Å². The van der Waals surface area contributed by atoms with Gasteiger partial charge < -0.3 is 11.1 Å². The summed E-state index contributed by atoms with van der Waals surface area (Å²) in [6.07, 6.45) is 1.80. The molecule has 82 valence electrons. The smallest absolute Gasteiger partial charge is 0.126 e. The van der Waals surface area contributed by atoms with Crippen LogP contribution in [0, 0.1) is 6.92 Å². The topological polar surface area (TPSA) is 50.9 Å². The van der Waals surface area contributed by atoms with Crippen LogP contribution in [0.2, 0.25) is 0 Å². The molecule has 0 saturated heterocycles. The van der Waals surface area contributed by atoms with E-state index in [-0.39, 0.29) is 0 Å². The summed E-state index contributed by atoms with van der Waals surface area (Å²) in [7, 11) is 1.86. The van der Waals surface area contributed by atoms with Crippen LogP contribution < -0.4 is 11.1 Å². The van der Waals surface area contributed by atoms with Crippen LogP contribution in [-0.2, 0) is 0 Å². The Morgan fingerprint density at radius 1 is 1.19 bits per heavy atom. The van der Waals surface area contributed by atoms with Crippen LogP contribution >= 0.6 is 0 Å². The van der Waals surface area contributed by atoms with E-state index in [1.54, 1.807) is 6.20 Å². The fourth-order valence-electron chi connectivity index (χ4n) is 1.75. The van der Waals surface area contributed by atoms with Gasteiger partial charge >= 0.3 is 0 Å². The van der Waals surface area contributed by atoms with E-state index in [1.807, 2.05) is 37.4 Å². The number of nitrogens with zero attached hydrogens (tertiary/aromatic N) is 1. The number of nitrogens with one attached hydrogen (secondary N) is 1. The summed E-state index contributed by atoms with van der Waals surface area (Å²) >= 11 is 0. The quantitative estimate of drug-likeness (QED) is 0.754. The number of hydrogen-bond acceptors (Lipinski definition) is 3. The van der Waals surface area contributed by atoms with Crippen LogP contribution in [0.1, 0.15) is 5.56 Å². The number of anilines is 2. The van der Waals surface area contributed by atoms with Crippen LogP contribution in [0.5, 0.6) is 0 Å². The lowest BCUT2D eigenvalue weighted by atomic mass is 10.0. The first-order chi connectivity index (χ1) is 7.70. The Kier molecular flexibility index (Phi) is 2.77. The Bertz CT molecular complexity index is 506. The van der Waals surface area contributed by atoms with E-state index in [1.165, 1.54) is 11.1 Å². The van der Waals surface area contributed by atoms with Crippen LogP contribution in [-0.4, -0.2) is 12.0 Å². The summed E-state index contributed by atoms with van der Waals surface area (Å²) in [5.41, 5.74) is 10.0. The van der Waals surface area contributed by atoms with Gasteiger partial charge in [-0.3, -0.25) is 0 Å². The molecular weight excluding hydrogens is 198 g/mol. The summed E-state index contributed by atoms with van der Waals surface area (Å²) in [6, 6.07) is 9.97. The number of benzene rings is 1. The van der Waals surface area contributed by atoms with E-state index < -0.39 is 0 Å². The van der Waals surface area contributed by atoms with Crippen LogP contribution in [0.4, 0.5) is 11.5 Å². The van der Waals surface area contributed by atoms with Crippen molar-refractivity contribution in [2.24, 2.45) is 0 Å². The van der Waals surface area contributed by atoms with Gasteiger partial charge in [-0.05, 0) is 47.9 Å². The SMILES string of the molecule is CNc1cc(-c2ccc(N)cc2C)ccn1. The van der Waals surface area contributed by atoms with Gasteiger partial charge in [0, 0.05) is 18.9 Å². The molecule has 0 spiro atoms. The van der Waals surface area contributed by atoms with Crippen molar-refractivity contribution in [3.63, 3.8) is 0 Å². The molecule has 0 aliphatic carbocycles. The van der Waals surface area contributed by atoms with Crippen molar-refractivity contribution in [3.8, 4) is 11.1 Å². The number of rotatable bonds is 2. The van der Waals surface area contributed by atoms with Gasteiger partial charge in [-0.1, -0.05) is 6.07 Å². The molecule has 3 heteroatoms. The minimum Gasteiger partial charge on any atom is -0.399 e. The Morgan fingerprint density at radius 3 is 2.69 bits per heavy atom. The lowest BCUT2D eigenvalue weighted by Gasteiger charge is -2.08. The highest BCUT2D eigenvalue weighted by Crippen LogP contribution is 2.25. The molecule has 16 heavy (non-hydrogen) atoms. The molecule has 0 aliphatic rings. The molecule has 2 aromatic rings. The maximum absolute atomic E-state index is 5.74. The highest BCUT2D eigenvalue weighted by Gasteiger charge is 2.03. The normalized spacial score (nSPS) is 10.1. The average Bonchev–Trinajstić information content (AvgIpc) is 2.29. The van der Waals surface area contributed by atoms with Gasteiger partial charge in [-0.25, -0.2) is 4.98 Å². The van der Waals surface area contributed by atoms with Gasteiger partial charge in [0.2, 0.25) is 0 Å². The molecule has 0 amide bonds. The second-order valence-electron chi connectivity index (χ2n) is 3.75. The molecule has 0 fully saturated rings. The Balaban J connectivity index is 2.49. The number of nitrogens with two attached hydrogens (primary N) is 1. The fraction of sp³-hybridized carbons (Fsp3) is 0.154. The third-order valence-electron chi connectivity index (χ3n) is 2.58. The van der Waals surface area contributed by atoms with Gasteiger partial charge in [0.25, 0.3) is 0 Å². The van der Waals surface area contributed by atoms with E-state index in [0.29, 0.717) is 0 Å². The maximum atomic E-state index is 5.74. The average molecular weight is 213 g/mol. The zero-order chi connectivity index (χ0) is 11.5. The Morgan fingerprint density at radius 2 is 2.00 bits per heavy atom. The molecule has 0 atom stereocenters. The fourth-order valence-corrected chi connectivity index (χ4v) is 1.75. The highest BCUT2D eigenvalue weighted by molar-refractivity contribution is 5.71. The van der Waals surface area contributed by atoms with Gasteiger partial charge in [0.15, 0.2) is 0 Å². The molecule has 3 N–H and O–H groups in total. The van der Waals surface area contributed by atoms with Crippen molar-refractivity contribution in [2.75, 3.05) is 18.1 Å². The van der Waals surface area contributed by atoms with Gasteiger partial charge in [0.1, 0.15) is 5.82 Å². The molecule has 0 radical (unpaired) electrons.